The van der Waals surface area contributed by atoms with Crippen molar-refractivity contribution in [2.75, 3.05) is 11.9 Å². The lowest BCUT2D eigenvalue weighted by atomic mass is 9.55. The molecular weight excluding hydrogens is 462 g/mol. The van der Waals surface area contributed by atoms with Crippen LogP contribution in [0.5, 0.6) is 11.6 Å². The minimum Gasteiger partial charge on any atom is -0.507 e. The first-order valence-corrected chi connectivity index (χ1v) is 12.4. The average Bonchev–Trinajstić information content (AvgIpc) is 2.82. The monoisotopic (exact) mass is 494 g/mol. The maximum Gasteiger partial charge on any atom is 0.388 e. The normalized spacial score (nSPS) is 25.6. The van der Waals surface area contributed by atoms with E-state index < -0.39 is 6.61 Å². The highest BCUT2D eigenvalue weighted by atomic mass is 19.3. The molecule has 190 valence electrons. The van der Waals surface area contributed by atoms with Crippen molar-refractivity contribution in [1.82, 2.24) is 15.2 Å². The molecule has 0 radical (unpaired) electrons. The Morgan fingerprint density at radius 1 is 1.00 bits per heavy atom. The second-order valence-corrected chi connectivity index (χ2v) is 11.1. The number of alkyl halides is 2. The number of aromatic nitrogens is 3. The molecule has 1 N–H and O–H groups in total. The zero-order chi connectivity index (χ0) is 25.5. The number of anilines is 1. The van der Waals surface area contributed by atoms with Crippen LogP contribution in [0.15, 0.2) is 48.7 Å². The van der Waals surface area contributed by atoms with Crippen LogP contribution in [0.4, 0.5) is 14.6 Å². The maximum atomic E-state index is 12.5. The quantitative estimate of drug-likeness (QED) is 0.411. The van der Waals surface area contributed by atoms with E-state index in [4.69, 9.17) is 0 Å². The lowest BCUT2D eigenvalue weighted by molar-refractivity contribution is -0.0528. The van der Waals surface area contributed by atoms with E-state index in [9.17, 15) is 13.9 Å². The number of phenolic OH excluding ortho intramolecular Hbond substituents is 1. The van der Waals surface area contributed by atoms with Crippen molar-refractivity contribution in [3.8, 4) is 34.0 Å². The van der Waals surface area contributed by atoms with Gasteiger partial charge < -0.3 is 14.7 Å². The van der Waals surface area contributed by atoms with Crippen LogP contribution in [0.3, 0.4) is 0 Å². The number of benzene rings is 1. The summed E-state index contributed by atoms with van der Waals surface area (Å²) in [5.41, 5.74) is 3.15. The van der Waals surface area contributed by atoms with Gasteiger partial charge in [-0.2, -0.15) is 8.78 Å². The first-order chi connectivity index (χ1) is 17.1. The third-order valence-electron chi connectivity index (χ3n) is 7.98. The van der Waals surface area contributed by atoms with Crippen molar-refractivity contribution >= 4 is 5.82 Å². The summed E-state index contributed by atoms with van der Waals surface area (Å²) >= 11 is 0. The van der Waals surface area contributed by atoms with Crippen molar-refractivity contribution in [1.29, 1.82) is 0 Å². The van der Waals surface area contributed by atoms with Gasteiger partial charge in [0.05, 0.1) is 5.69 Å². The molecule has 0 amide bonds. The molecule has 0 aliphatic heterocycles. The first kappa shape index (κ1) is 24.4. The summed E-state index contributed by atoms with van der Waals surface area (Å²) in [5, 5.41) is 19.6. The minimum absolute atomic E-state index is 0.0250. The van der Waals surface area contributed by atoms with E-state index in [2.05, 4.69) is 45.7 Å². The van der Waals surface area contributed by atoms with E-state index >= 15 is 0 Å². The number of rotatable bonds is 6. The van der Waals surface area contributed by atoms with Gasteiger partial charge in [-0.15, -0.1) is 10.2 Å². The molecule has 2 bridgehead atoms. The zero-order valence-corrected chi connectivity index (χ0v) is 20.9. The summed E-state index contributed by atoms with van der Waals surface area (Å²) < 4.78 is 29.4. The van der Waals surface area contributed by atoms with Crippen LogP contribution in [-0.4, -0.2) is 40.0 Å². The van der Waals surface area contributed by atoms with Gasteiger partial charge in [0, 0.05) is 30.9 Å². The molecule has 2 fully saturated rings. The van der Waals surface area contributed by atoms with E-state index in [1.165, 1.54) is 50.8 Å². The topological polar surface area (TPSA) is 71.4 Å². The second-order valence-electron chi connectivity index (χ2n) is 11.1. The average molecular weight is 495 g/mol. The van der Waals surface area contributed by atoms with E-state index in [1.807, 2.05) is 12.1 Å². The number of fused-ring (bicyclic) bond motifs is 2. The fourth-order valence-corrected chi connectivity index (χ4v) is 6.50. The molecule has 2 heterocycles. The SMILES string of the molecule is CN(c1ccc(-c2ccc(-c3ccnc(OC(F)F)c3)cc2O)nn1)[C@H]1C[C@]2(C)CCC[C@](C)(C1)C2. The van der Waals surface area contributed by atoms with Crippen LogP contribution in [0, 0.1) is 10.8 Å². The van der Waals surface area contributed by atoms with Crippen LogP contribution in [0.1, 0.15) is 52.4 Å². The molecule has 5 rings (SSSR count). The summed E-state index contributed by atoms with van der Waals surface area (Å²) in [6.07, 6.45) is 8.96. The predicted molar refractivity (Wildman–Crippen MR) is 135 cm³/mol. The molecule has 2 aliphatic carbocycles. The third kappa shape index (κ3) is 4.99. The smallest absolute Gasteiger partial charge is 0.388 e. The van der Waals surface area contributed by atoms with Crippen LogP contribution in [0.2, 0.25) is 0 Å². The molecule has 6 nitrogen and oxygen atoms in total. The van der Waals surface area contributed by atoms with Gasteiger partial charge >= 0.3 is 6.61 Å². The summed E-state index contributed by atoms with van der Waals surface area (Å²) in [6, 6.07) is 12.4. The molecule has 3 aromatic rings. The van der Waals surface area contributed by atoms with Crippen molar-refractivity contribution in [2.45, 2.75) is 65.0 Å². The second kappa shape index (κ2) is 9.30. The molecular formula is C28H32F2N4O2. The number of nitrogens with zero attached hydrogens (tertiary/aromatic N) is 4. The number of hydrogen-bond acceptors (Lipinski definition) is 6. The highest BCUT2D eigenvalue weighted by molar-refractivity contribution is 5.74. The Hall–Kier alpha value is -3.29. The molecule has 2 saturated carbocycles. The van der Waals surface area contributed by atoms with E-state index in [-0.39, 0.29) is 11.6 Å². The van der Waals surface area contributed by atoms with Crippen molar-refractivity contribution < 1.29 is 18.6 Å². The van der Waals surface area contributed by atoms with E-state index in [0.717, 1.165) is 5.82 Å². The Morgan fingerprint density at radius 3 is 2.36 bits per heavy atom. The van der Waals surface area contributed by atoms with Crippen LogP contribution in [0.25, 0.3) is 22.4 Å². The summed E-state index contributed by atoms with van der Waals surface area (Å²) in [5.74, 6) is 0.675. The van der Waals surface area contributed by atoms with Gasteiger partial charge in [0.25, 0.3) is 0 Å². The maximum absolute atomic E-state index is 12.5. The van der Waals surface area contributed by atoms with Crippen molar-refractivity contribution in [3.63, 3.8) is 0 Å². The largest absolute Gasteiger partial charge is 0.507 e. The number of pyridine rings is 1. The van der Waals surface area contributed by atoms with Crippen molar-refractivity contribution in [3.05, 3.63) is 48.7 Å². The first-order valence-electron chi connectivity index (χ1n) is 12.4. The summed E-state index contributed by atoms with van der Waals surface area (Å²) in [6.45, 7) is 1.92. The molecule has 0 saturated heterocycles. The highest BCUT2D eigenvalue weighted by Crippen LogP contribution is 2.56. The van der Waals surface area contributed by atoms with Gasteiger partial charge in [-0.1, -0.05) is 26.3 Å². The van der Waals surface area contributed by atoms with Crippen LogP contribution in [-0.2, 0) is 0 Å². The summed E-state index contributed by atoms with van der Waals surface area (Å²) in [4.78, 5) is 6.05. The lowest BCUT2D eigenvalue weighted by Crippen LogP contribution is -2.49. The molecule has 1 aromatic carbocycles. The fraction of sp³-hybridized carbons (Fsp3) is 0.464. The van der Waals surface area contributed by atoms with Gasteiger partial charge in [0.15, 0.2) is 5.82 Å². The van der Waals surface area contributed by atoms with E-state index in [1.54, 1.807) is 24.3 Å². The Labute approximate surface area is 210 Å². The fourth-order valence-electron chi connectivity index (χ4n) is 6.50. The molecule has 0 spiro atoms. The number of hydrogen-bond donors (Lipinski definition) is 1. The zero-order valence-electron chi connectivity index (χ0n) is 20.9. The van der Waals surface area contributed by atoms with Crippen LogP contribution < -0.4 is 9.64 Å². The third-order valence-corrected chi connectivity index (χ3v) is 7.98. The van der Waals surface area contributed by atoms with Crippen molar-refractivity contribution in [2.24, 2.45) is 10.8 Å². The Balaban J connectivity index is 1.33. The Morgan fingerprint density at radius 2 is 1.72 bits per heavy atom. The Bertz CT molecular complexity index is 1220. The predicted octanol–water partition coefficient (Wildman–Crippen LogP) is 6.70. The molecule has 2 aromatic heterocycles. The van der Waals surface area contributed by atoms with Gasteiger partial charge in [-0.3, -0.25) is 0 Å². The van der Waals surface area contributed by atoms with Crippen LogP contribution >= 0.6 is 0 Å². The van der Waals surface area contributed by atoms with Gasteiger partial charge in [0.1, 0.15) is 5.75 Å². The molecule has 8 heteroatoms. The lowest BCUT2D eigenvalue weighted by Gasteiger charge is -2.54. The number of phenols is 1. The Kier molecular flexibility index (Phi) is 6.30. The molecule has 36 heavy (non-hydrogen) atoms. The van der Waals surface area contributed by atoms with Gasteiger partial charge in [-0.25, -0.2) is 4.98 Å². The molecule has 2 aliphatic rings. The highest BCUT2D eigenvalue weighted by Gasteiger charge is 2.47. The number of halogens is 2. The van der Waals surface area contributed by atoms with Gasteiger partial charge in [0.2, 0.25) is 5.88 Å². The minimum atomic E-state index is -2.95. The summed E-state index contributed by atoms with van der Waals surface area (Å²) in [7, 11) is 2.11. The molecule has 3 atom stereocenters. The van der Waals surface area contributed by atoms with E-state index in [0.29, 0.717) is 39.3 Å². The molecule has 0 unspecified atom stereocenters. The van der Waals surface area contributed by atoms with Gasteiger partial charge in [-0.05, 0) is 84.4 Å². The number of aromatic hydroxyl groups is 1. The standard InChI is InChI=1S/C28H32F2N4O2/c1-27-10-4-11-28(2,17-27)16-20(15-27)34(3)24-8-7-22(32-33-24)21-6-5-18(13-23(21)35)19-9-12-31-25(14-19)36-26(29)30/h5-9,12-14,20,26,35H,4,10-11,15-17H2,1-3H3/t20-,27-,28+. The number of ether oxygens (including phenoxy) is 1.